The van der Waals surface area contributed by atoms with Crippen molar-refractivity contribution in [2.45, 2.75) is 55.5 Å². The highest BCUT2D eigenvalue weighted by Crippen LogP contribution is 2.26. The van der Waals surface area contributed by atoms with E-state index in [1.165, 1.54) is 51.3 Å². The fourth-order valence-electron chi connectivity index (χ4n) is 4.29. The average molecular weight is 581 g/mol. The van der Waals surface area contributed by atoms with Gasteiger partial charge in [-0.1, -0.05) is 17.8 Å². The predicted molar refractivity (Wildman–Crippen MR) is 141 cm³/mol. The van der Waals surface area contributed by atoms with E-state index in [4.69, 9.17) is 9.88 Å². The van der Waals surface area contributed by atoms with Crippen molar-refractivity contribution < 1.29 is 31.2 Å². The lowest BCUT2D eigenvalue weighted by Gasteiger charge is -2.32. The first-order valence-corrected chi connectivity index (χ1v) is 15.7. The Bertz CT molecular complexity index is 1660. The summed E-state index contributed by atoms with van der Waals surface area (Å²) in [7, 11) is -7.66. The molecule has 2 heterocycles. The second kappa shape index (κ2) is 11.1. The largest absolute Gasteiger partial charge is 0.465 e. The van der Waals surface area contributed by atoms with Gasteiger partial charge in [0.05, 0.1) is 26.6 Å². The molecule has 0 aliphatic carbocycles. The second-order valence-corrected chi connectivity index (χ2v) is 13.3. The summed E-state index contributed by atoms with van der Waals surface area (Å²) < 4.78 is 58.2. The summed E-state index contributed by atoms with van der Waals surface area (Å²) in [6.07, 6.45) is 2.59. The standard InChI is InChI=1S/C24H28N4O7S3/c1-3-35-22(29)15-27-20-12-11-19(37(25,31)32)14-21(20)36-24(27)26-23(30)17-7-9-18(10-8-17)38(33,34)28-13-5-4-6-16(28)2/h7-12,14,16H,3-6,13,15H2,1-2H3,(H2,25,31,32). The highest BCUT2D eigenvalue weighted by molar-refractivity contribution is 7.89. The van der Waals surface area contributed by atoms with E-state index in [0.717, 1.165) is 30.6 Å². The fourth-order valence-corrected chi connectivity index (χ4v) is 7.67. The van der Waals surface area contributed by atoms with Crippen LogP contribution in [-0.2, 0) is 36.1 Å². The molecule has 1 unspecified atom stereocenters. The van der Waals surface area contributed by atoms with Crippen molar-refractivity contribution in [2.24, 2.45) is 10.1 Å². The molecule has 0 spiro atoms. The third kappa shape index (κ3) is 5.89. The molecule has 0 saturated carbocycles. The average Bonchev–Trinajstić information content (AvgIpc) is 3.19. The summed E-state index contributed by atoms with van der Waals surface area (Å²) in [5, 5.41) is 5.24. The van der Waals surface area contributed by atoms with E-state index in [1.807, 2.05) is 6.92 Å². The molecule has 204 valence electrons. The summed E-state index contributed by atoms with van der Waals surface area (Å²) in [4.78, 5) is 29.5. The quantitative estimate of drug-likeness (QED) is 0.420. The Morgan fingerprint density at radius 1 is 1.08 bits per heavy atom. The summed E-state index contributed by atoms with van der Waals surface area (Å²) >= 11 is 1.01. The lowest BCUT2D eigenvalue weighted by atomic mass is 10.1. The van der Waals surface area contributed by atoms with E-state index >= 15 is 0 Å². The number of piperidine rings is 1. The molecule has 1 saturated heterocycles. The molecule has 1 aliphatic heterocycles. The number of aromatic nitrogens is 1. The van der Waals surface area contributed by atoms with Gasteiger partial charge >= 0.3 is 5.97 Å². The van der Waals surface area contributed by atoms with Crippen LogP contribution in [0.4, 0.5) is 0 Å². The van der Waals surface area contributed by atoms with Crippen LogP contribution >= 0.6 is 11.3 Å². The van der Waals surface area contributed by atoms with Crippen molar-refractivity contribution in [3.05, 3.63) is 52.8 Å². The molecule has 1 fully saturated rings. The van der Waals surface area contributed by atoms with Gasteiger partial charge in [-0.15, -0.1) is 0 Å². The Morgan fingerprint density at radius 3 is 2.39 bits per heavy atom. The molecule has 2 N–H and O–H groups in total. The van der Waals surface area contributed by atoms with Gasteiger partial charge in [0.1, 0.15) is 6.54 Å². The molecule has 3 aromatic rings. The highest BCUT2D eigenvalue weighted by atomic mass is 32.2. The van der Waals surface area contributed by atoms with Gasteiger partial charge in [0, 0.05) is 18.2 Å². The van der Waals surface area contributed by atoms with E-state index < -0.39 is 31.9 Å². The Kier molecular flexibility index (Phi) is 8.18. The number of hydrogen-bond acceptors (Lipinski definition) is 8. The number of hydrogen-bond donors (Lipinski definition) is 1. The molecule has 4 rings (SSSR count). The third-order valence-corrected chi connectivity index (χ3v) is 10.2. The van der Waals surface area contributed by atoms with Crippen molar-refractivity contribution in [1.82, 2.24) is 8.87 Å². The van der Waals surface area contributed by atoms with Crippen LogP contribution in [-0.4, -0.2) is 56.8 Å². The van der Waals surface area contributed by atoms with Gasteiger partial charge in [-0.25, -0.2) is 22.0 Å². The smallest absolute Gasteiger partial charge is 0.326 e. The van der Waals surface area contributed by atoms with E-state index in [0.29, 0.717) is 16.8 Å². The van der Waals surface area contributed by atoms with Crippen LogP contribution in [0.25, 0.3) is 10.2 Å². The first-order valence-electron chi connectivity index (χ1n) is 11.9. The van der Waals surface area contributed by atoms with Gasteiger partial charge in [0.2, 0.25) is 20.0 Å². The zero-order chi connectivity index (χ0) is 27.7. The molecule has 0 bridgehead atoms. The third-order valence-electron chi connectivity index (χ3n) is 6.22. The Morgan fingerprint density at radius 2 is 1.76 bits per heavy atom. The number of sulfonamides is 2. The number of carbonyl (C=O) groups excluding carboxylic acids is 2. The highest BCUT2D eigenvalue weighted by Gasteiger charge is 2.31. The first kappa shape index (κ1) is 28.1. The van der Waals surface area contributed by atoms with Crippen LogP contribution in [0.5, 0.6) is 0 Å². The van der Waals surface area contributed by atoms with Crippen molar-refractivity contribution >= 4 is 53.5 Å². The number of thiazole rings is 1. The monoisotopic (exact) mass is 580 g/mol. The molecule has 14 heteroatoms. The number of esters is 1. The molecule has 1 aliphatic rings. The van der Waals surface area contributed by atoms with Gasteiger partial charge in [0.15, 0.2) is 4.80 Å². The minimum Gasteiger partial charge on any atom is -0.465 e. The number of fused-ring (bicyclic) bond motifs is 1. The minimum absolute atomic E-state index is 0.0948. The summed E-state index contributed by atoms with van der Waals surface area (Å²) in [5.41, 5.74) is 0.625. The normalized spacial score (nSPS) is 17.6. The number of ether oxygens (including phenoxy) is 1. The zero-order valence-corrected chi connectivity index (χ0v) is 23.3. The van der Waals surface area contributed by atoms with Gasteiger partial charge in [-0.05, 0) is 69.2 Å². The Hall–Kier alpha value is -2.91. The molecular weight excluding hydrogens is 552 g/mol. The van der Waals surface area contributed by atoms with Crippen LogP contribution in [0.1, 0.15) is 43.5 Å². The number of primary sulfonamides is 1. The number of carbonyl (C=O) groups is 2. The molecule has 0 radical (unpaired) electrons. The molecule has 38 heavy (non-hydrogen) atoms. The van der Waals surface area contributed by atoms with E-state index in [1.54, 1.807) is 6.92 Å². The predicted octanol–water partition coefficient (Wildman–Crippen LogP) is 2.22. The van der Waals surface area contributed by atoms with Crippen molar-refractivity contribution in [1.29, 1.82) is 0 Å². The summed E-state index contributed by atoms with van der Waals surface area (Å²) in [6.45, 7) is 3.92. The van der Waals surface area contributed by atoms with Gasteiger partial charge in [-0.3, -0.25) is 9.59 Å². The number of benzene rings is 2. The molecule has 1 aromatic heterocycles. The Balaban J connectivity index is 1.71. The maximum absolute atomic E-state index is 13.1. The molecule has 2 aromatic carbocycles. The minimum atomic E-state index is -3.97. The first-order chi connectivity index (χ1) is 17.9. The van der Waals surface area contributed by atoms with Crippen molar-refractivity contribution in [3.8, 4) is 0 Å². The summed E-state index contributed by atoms with van der Waals surface area (Å²) in [5.74, 6) is -1.21. The van der Waals surface area contributed by atoms with Gasteiger partial charge in [-0.2, -0.15) is 9.30 Å². The van der Waals surface area contributed by atoms with Crippen LogP contribution in [0.15, 0.2) is 57.2 Å². The zero-order valence-electron chi connectivity index (χ0n) is 20.9. The number of nitrogens with zero attached hydrogens (tertiary/aromatic N) is 3. The number of amides is 1. The molecule has 11 nitrogen and oxygen atoms in total. The van der Waals surface area contributed by atoms with Gasteiger partial charge in [0.25, 0.3) is 5.91 Å². The SMILES string of the molecule is CCOC(=O)Cn1c(=NC(=O)c2ccc(S(=O)(=O)N3CCCCC3C)cc2)sc2cc(S(N)(=O)=O)ccc21. The summed E-state index contributed by atoms with van der Waals surface area (Å²) in [6, 6.07) is 9.61. The van der Waals surface area contributed by atoms with Crippen LogP contribution in [0, 0.1) is 0 Å². The maximum atomic E-state index is 13.1. The van der Waals surface area contributed by atoms with Crippen LogP contribution in [0.2, 0.25) is 0 Å². The van der Waals surface area contributed by atoms with Crippen LogP contribution < -0.4 is 9.94 Å². The Labute approximate surface area is 224 Å². The van der Waals surface area contributed by atoms with E-state index in [2.05, 4.69) is 4.99 Å². The lowest BCUT2D eigenvalue weighted by Crippen LogP contribution is -2.41. The number of rotatable bonds is 7. The van der Waals surface area contributed by atoms with Crippen LogP contribution in [0.3, 0.4) is 0 Å². The van der Waals surface area contributed by atoms with E-state index in [9.17, 15) is 26.4 Å². The van der Waals surface area contributed by atoms with Crippen molar-refractivity contribution in [2.75, 3.05) is 13.2 Å². The van der Waals surface area contributed by atoms with E-state index in [-0.39, 0.29) is 39.3 Å². The number of nitrogens with two attached hydrogens (primary N) is 1. The molecular formula is C24H28N4O7S3. The molecule has 1 atom stereocenters. The second-order valence-electron chi connectivity index (χ2n) is 8.85. The fraction of sp³-hybridized carbons (Fsp3) is 0.375. The maximum Gasteiger partial charge on any atom is 0.326 e. The van der Waals surface area contributed by atoms with Crippen molar-refractivity contribution in [3.63, 3.8) is 0 Å². The topological polar surface area (TPSA) is 158 Å². The lowest BCUT2D eigenvalue weighted by molar-refractivity contribution is -0.143. The van der Waals surface area contributed by atoms with Gasteiger partial charge < -0.3 is 9.30 Å². The molecule has 1 amide bonds.